The van der Waals surface area contributed by atoms with Crippen LogP contribution in [-0.2, 0) is 9.47 Å². The molecule has 1 saturated heterocycles. The predicted octanol–water partition coefficient (Wildman–Crippen LogP) is 2.71. The quantitative estimate of drug-likeness (QED) is 0.350. The van der Waals surface area contributed by atoms with E-state index in [0.717, 1.165) is 64.7 Å². The number of ether oxygens (including phenoxy) is 2. The maximum atomic E-state index is 5.86. The lowest BCUT2D eigenvalue weighted by Crippen LogP contribution is -2.37. The minimum absolute atomic E-state index is 0.391. The second-order valence-electron chi connectivity index (χ2n) is 5.78. The maximum Gasteiger partial charge on any atom is 0.191 e. The van der Waals surface area contributed by atoms with Crippen molar-refractivity contribution >= 4 is 5.96 Å². The van der Waals surface area contributed by atoms with Gasteiger partial charge in [-0.25, -0.2) is 0 Å². The highest BCUT2D eigenvalue weighted by Crippen LogP contribution is 2.10. The van der Waals surface area contributed by atoms with Crippen LogP contribution in [0.3, 0.4) is 0 Å². The van der Waals surface area contributed by atoms with Gasteiger partial charge in [-0.05, 0) is 32.6 Å². The van der Waals surface area contributed by atoms with E-state index in [2.05, 4.69) is 29.5 Å². The van der Waals surface area contributed by atoms with Crippen LogP contribution in [-0.4, -0.2) is 51.5 Å². The Balaban J connectivity index is 2.07. The Kier molecular flexibility index (Phi) is 12.1. The molecule has 0 atom stereocenters. The van der Waals surface area contributed by atoms with E-state index in [1.54, 1.807) is 0 Å². The fourth-order valence-electron chi connectivity index (χ4n) is 2.45. The number of nitrogens with one attached hydrogen (secondary N) is 2. The van der Waals surface area contributed by atoms with Crippen LogP contribution >= 0.6 is 0 Å². The monoisotopic (exact) mass is 313 g/mol. The highest BCUT2D eigenvalue weighted by Gasteiger charge is 2.13. The summed E-state index contributed by atoms with van der Waals surface area (Å²) in [6.45, 7) is 9.54. The summed E-state index contributed by atoms with van der Waals surface area (Å²) in [5.74, 6) is 0.935. The van der Waals surface area contributed by atoms with E-state index < -0.39 is 0 Å². The molecule has 130 valence electrons. The molecule has 0 aromatic rings. The molecule has 0 bridgehead atoms. The van der Waals surface area contributed by atoms with Crippen molar-refractivity contribution in [1.82, 2.24) is 10.6 Å². The van der Waals surface area contributed by atoms with Crippen LogP contribution in [0, 0.1) is 0 Å². The van der Waals surface area contributed by atoms with Gasteiger partial charge in [-0.1, -0.05) is 26.2 Å². The third-order valence-corrected chi connectivity index (χ3v) is 3.76. The van der Waals surface area contributed by atoms with Crippen molar-refractivity contribution in [3.05, 3.63) is 0 Å². The van der Waals surface area contributed by atoms with Gasteiger partial charge in [0.2, 0.25) is 0 Å². The number of rotatable bonds is 11. The fraction of sp³-hybridized carbons (Fsp3) is 0.941. The van der Waals surface area contributed by atoms with Gasteiger partial charge in [-0.15, -0.1) is 0 Å². The Morgan fingerprint density at radius 1 is 1.09 bits per heavy atom. The van der Waals surface area contributed by atoms with Crippen molar-refractivity contribution in [2.75, 3.05) is 39.5 Å². The Morgan fingerprint density at radius 3 is 2.64 bits per heavy atom. The summed E-state index contributed by atoms with van der Waals surface area (Å²) >= 11 is 0. The Hall–Kier alpha value is -0.810. The normalized spacial score (nSPS) is 16.7. The minimum Gasteiger partial charge on any atom is -0.381 e. The SMILES string of the molecule is CCCCCCNC(=NCCCOC1CCOCC1)NCC. The number of aliphatic imine (C=N–C) groups is 1. The van der Waals surface area contributed by atoms with Crippen molar-refractivity contribution in [3.63, 3.8) is 0 Å². The van der Waals surface area contributed by atoms with Gasteiger partial charge in [-0.2, -0.15) is 0 Å². The van der Waals surface area contributed by atoms with Gasteiger partial charge in [0, 0.05) is 39.5 Å². The first-order chi connectivity index (χ1) is 10.9. The van der Waals surface area contributed by atoms with Crippen molar-refractivity contribution in [2.45, 2.75) is 64.9 Å². The molecule has 5 nitrogen and oxygen atoms in total. The molecule has 1 heterocycles. The van der Waals surface area contributed by atoms with Crippen molar-refractivity contribution in [3.8, 4) is 0 Å². The van der Waals surface area contributed by atoms with Crippen LogP contribution in [0.2, 0.25) is 0 Å². The summed E-state index contributed by atoms with van der Waals surface area (Å²) in [5.41, 5.74) is 0. The Labute approximate surface area is 136 Å². The van der Waals surface area contributed by atoms with E-state index in [1.165, 1.54) is 25.7 Å². The van der Waals surface area contributed by atoms with Gasteiger partial charge < -0.3 is 20.1 Å². The molecule has 2 N–H and O–H groups in total. The largest absolute Gasteiger partial charge is 0.381 e. The number of unbranched alkanes of at least 4 members (excludes halogenated alkanes) is 3. The number of nitrogens with zero attached hydrogens (tertiary/aromatic N) is 1. The third kappa shape index (κ3) is 10.0. The fourth-order valence-corrected chi connectivity index (χ4v) is 2.45. The zero-order chi connectivity index (χ0) is 15.9. The first-order valence-electron chi connectivity index (χ1n) is 9.08. The lowest BCUT2D eigenvalue weighted by molar-refractivity contribution is -0.0318. The molecular weight excluding hydrogens is 278 g/mol. The van der Waals surface area contributed by atoms with Crippen molar-refractivity contribution < 1.29 is 9.47 Å². The summed E-state index contributed by atoms with van der Waals surface area (Å²) < 4.78 is 11.2. The van der Waals surface area contributed by atoms with E-state index in [9.17, 15) is 0 Å². The summed E-state index contributed by atoms with van der Waals surface area (Å²) in [5, 5.41) is 6.70. The molecule has 1 aliphatic heterocycles. The number of hydrogen-bond acceptors (Lipinski definition) is 3. The first kappa shape index (κ1) is 19.2. The van der Waals surface area contributed by atoms with E-state index >= 15 is 0 Å². The standard InChI is InChI=1S/C17H35N3O2/c1-3-5-6-7-11-19-17(18-4-2)20-12-8-13-22-16-9-14-21-15-10-16/h16H,3-15H2,1-2H3,(H2,18,19,20). The van der Waals surface area contributed by atoms with Crippen LogP contribution in [0.15, 0.2) is 4.99 Å². The predicted molar refractivity (Wildman–Crippen MR) is 92.5 cm³/mol. The van der Waals surface area contributed by atoms with E-state index in [0.29, 0.717) is 6.10 Å². The summed E-state index contributed by atoms with van der Waals surface area (Å²) in [6, 6.07) is 0. The van der Waals surface area contributed by atoms with Crippen molar-refractivity contribution in [1.29, 1.82) is 0 Å². The van der Waals surface area contributed by atoms with E-state index in [1.807, 2.05) is 0 Å². The molecule has 0 aromatic heterocycles. The summed E-state index contributed by atoms with van der Waals surface area (Å²) in [4.78, 5) is 4.60. The van der Waals surface area contributed by atoms with Crippen LogP contribution in [0.1, 0.15) is 58.8 Å². The molecule has 0 spiro atoms. The second kappa shape index (κ2) is 13.8. The summed E-state index contributed by atoms with van der Waals surface area (Å²) in [7, 11) is 0. The zero-order valence-electron chi connectivity index (χ0n) is 14.5. The lowest BCUT2D eigenvalue weighted by Gasteiger charge is -2.22. The molecule has 0 saturated carbocycles. The second-order valence-corrected chi connectivity index (χ2v) is 5.78. The van der Waals surface area contributed by atoms with Crippen LogP contribution < -0.4 is 10.6 Å². The van der Waals surface area contributed by atoms with Gasteiger partial charge in [0.1, 0.15) is 0 Å². The molecule has 22 heavy (non-hydrogen) atoms. The smallest absolute Gasteiger partial charge is 0.191 e. The zero-order valence-corrected chi connectivity index (χ0v) is 14.5. The maximum absolute atomic E-state index is 5.86. The molecule has 1 fully saturated rings. The summed E-state index contributed by atoms with van der Waals surface area (Å²) in [6.07, 6.45) is 8.54. The highest BCUT2D eigenvalue weighted by atomic mass is 16.5. The average Bonchev–Trinajstić information content (AvgIpc) is 2.55. The molecule has 5 heteroatoms. The first-order valence-corrected chi connectivity index (χ1v) is 9.08. The lowest BCUT2D eigenvalue weighted by atomic mass is 10.1. The molecule has 0 radical (unpaired) electrons. The molecule has 1 rings (SSSR count). The molecule has 0 unspecified atom stereocenters. The molecule has 0 aromatic carbocycles. The molecular formula is C17H35N3O2. The average molecular weight is 313 g/mol. The molecule has 1 aliphatic rings. The van der Waals surface area contributed by atoms with Gasteiger partial charge >= 0.3 is 0 Å². The van der Waals surface area contributed by atoms with E-state index in [4.69, 9.17) is 9.47 Å². The van der Waals surface area contributed by atoms with E-state index in [-0.39, 0.29) is 0 Å². The van der Waals surface area contributed by atoms with Gasteiger partial charge in [0.05, 0.1) is 6.10 Å². The van der Waals surface area contributed by atoms with Gasteiger partial charge in [-0.3, -0.25) is 4.99 Å². The molecule has 0 aliphatic carbocycles. The Morgan fingerprint density at radius 2 is 1.91 bits per heavy atom. The van der Waals surface area contributed by atoms with Crippen molar-refractivity contribution in [2.24, 2.45) is 4.99 Å². The number of guanidine groups is 1. The van der Waals surface area contributed by atoms with Gasteiger partial charge in [0.25, 0.3) is 0 Å². The minimum atomic E-state index is 0.391. The van der Waals surface area contributed by atoms with Crippen LogP contribution in [0.4, 0.5) is 0 Å². The third-order valence-electron chi connectivity index (χ3n) is 3.76. The Bertz CT molecular complexity index is 279. The highest BCUT2D eigenvalue weighted by molar-refractivity contribution is 5.79. The topological polar surface area (TPSA) is 54.9 Å². The number of hydrogen-bond donors (Lipinski definition) is 2. The molecule has 0 amide bonds. The van der Waals surface area contributed by atoms with Crippen LogP contribution in [0.25, 0.3) is 0 Å². The van der Waals surface area contributed by atoms with Gasteiger partial charge in [0.15, 0.2) is 5.96 Å². The van der Waals surface area contributed by atoms with Crippen LogP contribution in [0.5, 0.6) is 0 Å².